The van der Waals surface area contributed by atoms with Crippen LogP contribution in [0.1, 0.15) is 39.0 Å². The van der Waals surface area contributed by atoms with Gasteiger partial charge in [0.1, 0.15) is 6.10 Å². The van der Waals surface area contributed by atoms with Gasteiger partial charge in [0.2, 0.25) is 0 Å². The second-order valence-electron chi connectivity index (χ2n) is 3.94. The summed E-state index contributed by atoms with van der Waals surface area (Å²) in [5, 5.41) is 9.73. The molecule has 0 amide bonds. The number of carbonyl (C=O) groups is 1. The van der Waals surface area contributed by atoms with E-state index in [1.54, 1.807) is 0 Å². The van der Waals surface area contributed by atoms with E-state index in [4.69, 9.17) is 0 Å². The number of rotatable bonds is 2. The topological polar surface area (TPSA) is 46.5 Å². The van der Waals surface area contributed by atoms with E-state index in [0.717, 1.165) is 12.8 Å². The molecule has 0 unspecified atom stereocenters. The maximum Gasteiger partial charge on any atom is 0.303 e. The van der Waals surface area contributed by atoms with Gasteiger partial charge in [0.15, 0.2) is 6.61 Å². The first-order valence-corrected chi connectivity index (χ1v) is 5.50. The van der Waals surface area contributed by atoms with Gasteiger partial charge in [-0.15, -0.1) is 0 Å². The maximum atomic E-state index is 10.4. The Bertz CT molecular complexity index is 256. The molecule has 0 bridgehead atoms. The zero-order chi connectivity index (χ0) is 11.1. The van der Waals surface area contributed by atoms with Crippen molar-refractivity contribution in [2.45, 2.75) is 45.1 Å². The first kappa shape index (κ1) is 12.1. The Balaban J connectivity index is 2.26. The Hall–Kier alpha value is -1.01. The summed E-state index contributed by atoms with van der Waals surface area (Å²) in [5.41, 5.74) is 0. The van der Waals surface area contributed by atoms with Gasteiger partial charge < -0.3 is 9.84 Å². The maximum absolute atomic E-state index is 10.4. The van der Waals surface area contributed by atoms with Crippen molar-refractivity contribution in [3.05, 3.63) is 0 Å². The Morgan fingerprint density at radius 2 is 2.13 bits per heavy atom. The zero-order valence-corrected chi connectivity index (χ0v) is 9.16. The molecule has 0 aliphatic heterocycles. The lowest BCUT2D eigenvalue weighted by Crippen LogP contribution is -2.21. The molecule has 1 rings (SSSR count). The van der Waals surface area contributed by atoms with Crippen molar-refractivity contribution in [1.29, 1.82) is 0 Å². The molecule has 3 heteroatoms. The molecule has 0 aromatic rings. The van der Waals surface area contributed by atoms with E-state index in [2.05, 4.69) is 16.6 Å². The first-order chi connectivity index (χ1) is 7.20. The number of carbonyl (C=O) groups excluding carboxylic acids is 1. The van der Waals surface area contributed by atoms with Crippen molar-refractivity contribution in [3.8, 4) is 11.8 Å². The molecular formula is C12H18O3. The molecule has 84 valence electrons. The second-order valence-corrected chi connectivity index (χ2v) is 3.94. The second kappa shape index (κ2) is 6.47. The van der Waals surface area contributed by atoms with E-state index >= 15 is 0 Å². The summed E-state index contributed by atoms with van der Waals surface area (Å²) in [4.78, 5) is 10.4. The summed E-state index contributed by atoms with van der Waals surface area (Å²) in [5.74, 6) is 5.38. The van der Waals surface area contributed by atoms with E-state index in [9.17, 15) is 9.90 Å². The van der Waals surface area contributed by atoms with Gasteiger partial charge in [-0.05, 0) is 18.8 Å². The summed E-state index contributed by atoms with van der Waals surface area (Å²) in [6.45, 7) is 1.43. The highest BCUT2D eigenvalue weighted by Gasteiger charge is 2.19. The fraction of sp³-hybridized carbons (Fsp3) is 0.750. The lowest BCUT2D eigenvalue weighted by Gasteiger charge is -2.23. The van der Waals surface area contributed by atoms with Crippen molar-refractivity contribution in [3.63, 3.8) is 0 Å². The fourth-order valence-corrected chi connectivity index (χ4v) is 1.85. The number of hydrogen-bond acceptors (Lipinski definition) is 3. The fourth-order valence-electron chi connectivity index (χ4n) is 1.85. The van der Waals surface area contributed by atoms with Gasteiger partial charge in [0, 0.05) is 6.92 Å². The van der Waals surface area contributed by atoms with Crippen LogP contribution in [-0.2, 0) is 9.53 Å². The van der Waals surface area contributed by atoms with E-state index < -0.39 is 6.10 Å². The Kier molecular flexibility index (Phi) is 5.20. The predicted molar refractivity (Wildman–Crippen MR) is 57.0 cm³/mol. The first-order valence-electron chi connectivity index (χ1n) is 5.50. The summed E-state index contributed by atoms with van der Waals surface area (Å²) >= 11 is 0. The van der Waals surface area contributed by atoms with Crippen LogP contribution in [-0.4, -0.2) is 23.8 Å². The minimum Gasteiger partial charge on any atom is -0.453 e. The SMILES string of the molecule is CC(=O)OCC#C[C@H](O)C1CCCCC1. The van der Waals surface area contributed by atoms with Crippen LogP contribution in [0.25, 0.3) is 0 Å². The van der Waals surface area contributed by atoms with Crippen molar-refractivity contribution < 1.29 is 14.6 Å². The zero-order valence-electron chi connectivity index (χ0n) is 9.16. The lowest BCUT2D eigenvalue weighted by molar-refractivity contribution is -0.139. The molecule has 0 aromatic carbocycles. The standard InChI is InChI=1S/C12H18O3/c1-10(13)15-9-5-8-12(14)11-6-3-2-4-7-11/h11-12,14H,2-4,6-7,9H2,1H3/t12-/m0/s1. The quantitative estimate of drug-likeness (QED) is 0.555. The molecule has 0 radical (unpaired) electrons. The van der Waals surface area contributed by atoms with Crippen molar-refractivity contribution in [1.82, 2.24) is 0 Å². The minimum atomic E-state index is -0.555. The van der Waals surface area contributed by atoms with Crippen LogP contribution in [0.2, 0.25) is 0 Å². The highest BCUT2D eigenvalue weighted by atomic mass is 16.5. The van der Waals surface area contributed by atoms with Gasteiger partial charge in [-0.3, -0.25) is 4.79 Å². The third-order valence-corrected chi connectivity index (χ3v) is 2.69. The van der Waals surface area contributed by atoms with E-state index in [1.807, 2.05) is 0 Å². The molecule has 1 saturated carbocycles. The molecule has 0 saturated heterocycles. The van der Waals surface area contributed by atoms with Crippen LogP contribution >= 0.6 is 0 Å². The molecule has 0 spiro atoms. The van der Waals surface area contributed by atoms with Gasteiger partial charge in [-0.25, -0.2) is 0 Å². The number of ether oxygens (including phenoxy) is 1. The molecule has 1 fully saturated rings. The Morgan fingerprint density at radius 3 is 2.73 bits per heavy atom. The lowest BCUT2D eigenvalue weighted by atomic mass is 9.85. The normalized spacial score (nSPS) is 18.8. The average molecular weight is 210 g/mol. The van der Waals surface area contributed by atoms with Crippen LogP contribution < -0.4 is 0 Å². The van der Waals surface area contributed by atoms with Crippen molar-refractivity contribution in [2.24, 2.45) is 5.92 Å². The van der Waals surface area contributed by atoms with Crippen LogP contribution in [0.5, 0.6) is 0 Å². The third kappa shape index (κ3) is 4.85. The van der Waals surface area contributed by atoms with Gasteiger partial charge in [-0.1, -0.05) is 31.1 Å². The van der Waals surface area contributed by atoms with Crippen molar-refractivity contribution >= 4 is 5.97 Å². The minimum absolute atomic E-state index is 0.0825. The van der Waals surface area contributed by atoms with Gasteiger partial charge >= 0.3 is 5.97 Å². The van der Waals surface area contributed by atoms with Gasteiger partial charge in [0.05, 0.1) is 0 Å². The molecule has 3 nitrogen and oxygen atoms in total. The Morgan fingerprint density at radius 1 is 1.47 bits per heavy atom. The highest BCUT2D eigenvalue weighted by Crippen LogP contribution is 2.25. The van der Waals surface area contributed by atoms with E-state index in [0.29, 0.717) is 5.92 Å². The molecule has 0 aromatic heterocycles. The van der Waals surface area contributed by atoms with Crippen LogP contribution in [0.4, 0.5) is 0 Å². The number of aliphatic hydroxyl groups is 1. The highest BCUT2D eigenvalue weighted by molar-refractivity contribution is 5.66. The van der Waals surface area contributed by atoms with Crippen molar-refractivity contribution in [2.75, 3.05) is 6.61 Å². The largest absolute Gasteiger partial charge is 0.453 e. The van der Waals surface area contributed by atoms with Crippen LogP contribution in [0.3, 0.4) is 0 Å². The van der Waals surface area contributed by atoms with Crippen LogP contribution in [0.15, 0.2) is 0 Å². The van der Waals surface area contributed by atoms with E-state index in [-0.39, 0.29) is 12.6 Å². The number of esters is 1. The number of hydrogen-bond donors (Lipinski definition) is 1. The average Bonchev–Trinajstić information content (AvgIpc) is 2.25. The monoisotopic (exact) mass is 210 g/mol. The smallest absolute Gasteiger partial charge is 0.303 e. The number of aliphatic hydroxyl groups excluding tert-OH is 1. The molecule has 1 aliphatic carbocycles. The predicted octanol–water partition coefficient (Wildman–Crippen LogP) is 1.49. The summed E-state index contributed by atoms with van der Waals surface area (Å²) in [6.07, 6.45) is 5.21. The molecule has 0 heterocycles. The summed E-state index contributed by atoms with van der Waals surface area (Å²) in [6, 6.07) is 0. The van der Waals surface area contributed by atoms with E-state index in [1.165, 1.54) is 26.2 Å². The molecule has 1 N–H and O–H groups in total. The Labute approximate surface area is 90.8 Å². The van der Waals surface area contributed by atoms with Gasteiger partial charge in [0.25, 0.3) is 0 Å². The summed E-state index contributed by atoms with van der Waals surface area (Å²) in [7, 11) is 0. The molecule has 1 aliphatic rings. The third-order valence-electron chi connectivity index (χ3n) is 2.69. The molecule has 15 heavy (non-hydrogen) atoms. The van der Waals surface area contributed by atoms with Gasteiger partial charge in [-0.2, -0.15) is 0 Å². The molecular weight excluding hydrogens is 192 g/mol. The summed E-state index contributed by atoms with van der Waals surface area (Å²) < 4.78 is 4.66. The van der Waals surface area contributed by atoms with Crippen LogP contribution in [0, 0.1) is 17.8 Å². The molecule has 1 atom stereocenters.